The van der Waals surface area contributed by atoms with Crippen LogP contribution in [0.1, 0.15) is 43.0 Å². The highest BCUT2D eigenvalue weighted by Crippen LogP contribution is 2.44. The summed E-state index contributed by atoms with van der Waals surface area (Å²) in [5.41, 5.74) is 4.93. The lowest BCUT2D eigenvalue weighted by molar-refractivity contribution is -0.141. The van der Waals surface area contributed by atoms with Crippen LogP contribution in [0.2, 0.25) is 0 Å². The second kappa shape index (κ2) is 10.1. The zero-order chi connectivity index (χ0) is 23.4. The molecule has 2 aliphatic heterocycles. The van der Waals surface area contributed by atoms with Crippen LogP contribution in [0.3, 0.4) is 0 Å². The fraction of sp³-hybridized carbons (Fsp3) is 0.269. The van der Waals surface area contributed by atoms with Crippen molar-refractivity contribution in [2.75, 3.05) is 6.54 Å². The highest BCUT2D eigenvalue weighted by Gasteiger charge is 2.41. The highest BCUT2D eigenvalue weighted by atomic mass is 32.2. The molecule has 0 saturated heterocycles. The predicted octanol–water partition coefficient (Wildman–Crippen LogP) is 4.84. The maximum atomic E-state index is 13.4. The number of aliphatic imine (C=N–C) groups is 1. The normalized spacial score (nSPS) is 17.3. The molecular weight excluding hydrogens is 434 g/mol. The number of rotatable bonds is 7. The number of nitrogens with zero attached hydrogens (tertiary/aromatic N) is 2. The van der Waals surface area contributed by atoms with Crippen molar-refractivity contribution in [2.24, 2.45) is 4.99 Å². The molecule has 0 radical (unpaired) electrons. The monoisotopic (exact) mass is 461 g/mol. The molecule has 0 aromatic heterocycles. The number of allylic oxidation sites excluding steroid dienone is 1. The van der Waals surface area contributed by atoms with E-state index in [0.29, 0.717) is 17.8 Å². The van der Waals surface area contributed by atoms with Gasteiger partial charge in [0.25, 0.3) is 0 Å². The SMILES string of the molecule is CCNC(=O)CC1=CSC2=NC(C)=C(C(=O)OCc3ccccc3)C(c3ccc(C)cc3)N12. The van der Waals surface area contributed by atoms with Crippen LogP contribution in [0.15, 0.2) is 82.0 Å². The van der Waals surface area contributed by atoms with E-state index in [2.05, 4.69) is 5.32 Å². The van der Waals surface area contributed by atoms with Crippen molar-refractivity contribution in [1.82, 2.24) is 10.2 Å². The molecule has 1 N–H and O–H groups in total. The molecule has 0 aliphatic carbocycles. The Kier molecular flexibility index (Phi) is 6.99. The molecule has 1 atom stereocenters. The Balaban J connectivity index is 1.68. The van der Waals surface area contributed by atoms with Crippen LogP contribution >= 0.6 is 11.8 Å². The van der Waals surface area contributed by atoms with E-state index < -0.39 is 12.0 Å². The number of benzene rings is 2. The molecular formula is C26H27N3O3S. The van der Waals surface area contributed by atoms with Gasteiger partial charge in [-0.3, -0.25) is 4.79 Å². The third-order valence-electron chi connectivity index (χ3n) is 5.54. The van der Waals surface area contributed by atoms with Gasteiger partial charge in [-0.1, -0.05) is 71.9 Å². The molecule has 0 spiro atoms. The third-order valence-corrected chi connectivity index (χ3v) is 6.43. The molecule has 1 unspecified atom stereocenters. The predicted molar refractivity (Wildman–Crippen MR) is 131 cm³/mol. The van der Waals surface area contributed by atoms with Gasteiger partial charge in [-0.15, -0.1) is 0 Å². The van der Waals surface area contributed by atoms with Crippen LogP contribution in [0.5, 0.6) is 0 Å². The first-order chi connectivity index (χ1) is 16.0. The van der Waals surface area contributed by atoms with Crippen LogP contribution < -0.4 is 5.32 Å². The number of thioether (sulfide) groups is 1. The van der Waals surface area contributed by atoms with Crippen LogP contribution in [-0.4, -0.2) is 28.5 Å². The lowest BCUT2D eigenvalue weighted by atomic mass is 9.93. The molecule has 2 heterocycles. The molecule has 7 heteroatoms. The number of fused-ring (bicyclic) bond motifs is 1. The van der Waals surface area contributed by atoms with Crippen molar-refractivity contribution in [3.8, 4) is 0 Å². The van der Waals surface area contributed by atoms with Gasteiger partial charge in [0.1, 0.15) is 6.61 Å². The van der Waals surface area contributed by atoms with E-state index in [9.17, 15) is 9.59 Å². The molecule has 0 fully saturated rings. The Morgan fingerprint density at radius 3 is 2.52 bits per heavy atom. The number of carbonyl (C=O) groups is 2. The number of nitrogens with one attached hydrogen (secondary N) is 1. The average molecular weight is 462 g/mol. The summed E-state index contributed by atoms with van der Waals surface area (Å²) in [5.74, 6) is -0.466. The maximum absolute atomic E-state index is 13.4. The average Bonchev–Trinajstić information content (AvgIpc) is 3.20. The van der Waals surface area contributed by atoms with E-state index in [0.717, 1.165) is 27.6 Å². The van der Waals surface area contributed by atoms with E-state index in [1.807, 2.05) is 85.7 Å². The molecule has 4 rings (SSSR count). The summed E-state index contributed by atoms with van der Waals surface area (Å²) in [4.78, 5) is 32.4. The molecule has 2 aliphatic rings. The van der Waals surface area contributed by atoms with E-state index in [-0.39, 0.29) is 18.9 Å². The zero-order valence-corrected chi connectivity index (χ0v) is 19.8. The van der Waals surface area contributed by atoms with Crippen LogP contribution in [-0.2, 0) is 20.9 Å². The number of ether oxygens (including phenoxy) is 1. The van der Waals surface area contributed by atoms with Crippen LogP contribution in [0.25, 0.3) is 0 Å². The van der Waals surface area contributed by atoms with E-state index in [4.69, 9.17) is 9.73 Å². The summed E-state index contributed by atoms with van der Waals surface area (Å²) in [6.45, 7) is 6.51. The second-order valence-electron chi connectivity index (χ2n) is 8.00. The Morgan fingerprint density at radius 1 is 1.09 bits per heavy atom. The minimum Gasteiger partial charge on any atom is -0.457 e. The lowest BCUT2D eigenvalue weighted by Crippen LogP contribution is -2.38. The van der Waals surface area contributed by atoms with E-state index in [1.165, 1.54) is 11.8 Å². The van der Waals surface area contributed by atoms with Crippen molar-refractivity contribution >= 4 is 28.8 Å². The first kappa shape index (κ1) is 22.9. The summed E-state index contributed by atoms with van der Waals surface area (Å²) in [6, 6.07) is 17.3. The van der Waals surface area contributed by atoms with Gasteiger partial charge >= 0.3 is 5.97 Å². The first-order valence-electron chi connectivity index (χ1n) is 11.0. The molecule has 170 valence electrons. The van der Waals surface area contributed by atoms with Gasteiger partial charge < -0.3 is 15.0 Å². The van der Waals surface area contributed by atoms with Gasteiger partial charge in [-0.2, -0.15) is 0 Å². The Hall–Kier alpha value is -3.32. The number of carbonyl (C=O) groups excluding carboxylic acids is 2. The van der Waals surface area contributed by atoms with Gasteiger partial charge in [0, 0.05) is 12.2 Å². The minimum atomic E-state index is -0.419. The molecule has 2 aromatic rings. The van der Waals surface area contributed by atoms with Crippen molar-refractivity contribution in [3.63, 3.8) is 0 Å². The summed E-state index contributed by atoms with van der Waals surface area (Å²) in [7, 11) is 0. The molecule has 0 bridgehead atoms. The highest BCUT2D eigenvalue weighted by molar-refractivity contribution is 8.16. The lowest BCUT2D eigenvalue weighted by Gasteiger charge is -2.36. The van der Waals surface area contributed by atoms with Gasteiger partial charge in [-0.25, -0.2) is 9.79 Å². The summed E-state index contributed by atoms with van der Waals surface area (Å²) in [5, 5.41) is 5.56. The van der Waals surface area contributed by atoms with Crippen LogP contribution in [0.4, 0.5) is 0 Å². The smallest absolute Gasteiger partial charge is 0.338 e. The quantitative estimate of drug-likeness (QED) is 0.598. The third kappa shape index (κ3) is 5.03. The topological polar surface area (TPSA) is 71.0 Å². The van der Waals surface area contributed by atoms with Crippen LogP contribution in [0, 0.1) is 6.92 Å². The summed E-state index contributed by atoms with van der Waals surface area (Å²) < 4.78 is 5.72. The fourth-order valence-electron chi connectivity index (χ4n) is 3.92. The number of amidine groups is 1. The number of hydrogen-bond acceptors (Lipinski definition) is 6. The van der Waals surface area contributed by atoms with E-state index in [1.54, 1.807) is 0 Å². The standard InChI is InChI=1S/C26H27N3O3S/c1-4-27-22(30)14-21-16-33-26-28-18(3)23(25(31)32-15-19-8-6-5-7-9-19)24(29(21)26)20-12-10-17(2)11-13-20/h5-13,16,24H,4,14-15H2,1-3H3,(H,27,30). The van der Waals surface area contributed by atoms with Gasteiger partial charge in [0.05, 0.1) is 23.7 Å². The molecule has 1 amide bonds. The minimum absolute atomic E-state index is 0.0623. The summed E-state index contributed by atoms with van der Waals surface area (Å²) >= 11 is 1.47. The molecule has 6 nitrogen and oxygen atoms in total. The molecule has 2 aromatic carbocycles. The number of aryl methyl sites for hydroxylation is 1. The Labute approximate surface area is 198 Å². The number of esters is 1. The number of amides is 1. The van der Waals surface area contributed by atoms with Crippen molar-refractivity contribution in [3.05, 3.63) is 93.7 Å². The van der Waals surface area contributed by atoms with Gasteiger partial charge in [0.15, 0.2) is 5.17 Å². The van der Waals surface area contributed by atoms with Crippen molar-refractivity contribution in [1.29, 1.82) is 0 Å². The van der Waals surface area contributed by atoms with Crippen molar-refractivity contribution < 1.29 is 14.3 Å². The Bertz CT molecular complexity index is 1140. The second-order valence-corrected chi connectivity index (χ2v) is 8.83. The largest absolute Gasteiger partial charge is 0.457 e. The first-order valence-corrected chi connectivity index (χ1v) is 11.8. The van der Waals surface area contributed by atoms with Crippen molar-refractivity contribution in [2.45, 2.75) is 39.8 Å². The zero-order valence-electron chi connectivity index (χ0n) is 19.0. The fourth-order valence-corrected chi connectivity index (χ4v) is 4.88. The number of hydrogen-bond donors (Lipinski definition) is 1. The molecule has 33 heavy (non-hydrogen) atoms. The van der Waals surface area contributed by atoms with Gasteiger partial charge in [0.2, 0.25) is 5.91 Å². The Morgan fingerprint density at radius 2 is 1.82 bits per heavy atom. The summed E-state index contributed by atoms with van der Waals surface area (Å²) in [6.07, 6.45) is 0.216. The van der Waals surface area contributed by atoms with E-state index >= 15 is 0 Å². The maximum Gasteiger partial charge on any atom is 0.338 e. The molecule has 0 saturated carbocycles. The van der Waals surface area contributed by atoms with Gasteiger partial charge in [-0.05, 0) is 37.3 Å².